The second-order valence-corrected chi connectivity index (χ2v) is 6.82. The minimum atomic E-state index is -1.87. The van der Waals surface area contributed by atoms with Crippen molar-refractivity contribution in [3.8, 4) is 0 Å². The Morgan fingerprint density at radius 1 is 0.704 bits per heavy atom. The number of ether oxygens (including phenoxy) is 2. The van der Waals surface area contributed by atoms with E-state index in [1.807, 2.05) is 0 Å². The third-order valence-electron chi connectivity index (χ3n) is 5.23. The van der Waals surface area contributed by atoms with Crippen LogP contribution in [0.4, 0.5) is 0 Å². The lowest BCUT2D eigenvalue weighted by atomic mass is 9.75. The lowest BCUT2D eigenvalue weighted by molar-refractivity contribution is -0.275. The molecular formula is C14H23N3O10. The molecule has 27 heavy (non-hydrogen) atoms. The van der Waals surface area contributed by atoms with Gasteiger partial charge in [-0.05, 0) is 5.22 Å². The summed E-state index contributed by atoms with van der Waals surface area (Å²) in [6.45, 7) is -1.39. The first-order valence-electron chi connectivity index (χ1n) is 8.36. The Balaban J connectivity index is 1.99. The zero-order valence-electron chi connectivity index (χ0n) is 14.0. The molecule has 0 aromatic carbocycles. The molecular weight excluding hydrogens is 370 g/mol. The van der Waals surface area contributed by atoms with Crippen molar-refractivity contribution >= 4 is 6.21 Å². The molecule has 8 N–H and O–H groups in total. The SMILES string of the molecule is OC[C@H]1O[C@@H](C2([C@H]3O[C@H](CO)[C@@H](O)[C@H](O)[C@@H]3O)C=NN=N2)[C@H](O)[C@H](O)[C@@H]1O. The van der Waals surface area contributed by atoms with E-state index in [0.717, 1.165) is 6.21 Å². The van der Waals surface area contributed by atoms with Gasteiger partial charge in [-0.15, -0.1) is 5.10 Å². The Morgan fingerprint density at radius 2 is 1.15 bits per heavy atom. The lowest BCUT2D eigenvalue weighted by Gasteiger charge is -2.50. The lowest BCUT2D eigenvalue weighted by Crippen LogP contribution is -2.72. The zero-order valence-corrected chi connectivity index (χ0v) is 14.0. The predicted molar refractivity (Wildman–Crippen MR) is 83.6 cm³/mol. The van der Waals surface area contributed by atoms with Gasteiger partial charge in [-0.25, -0.2) is 0 Å². The molecule has 0 amide bonds. The van der Waals surface area contributed by atoms with Gasteiger partial charge in [0.15, 0.2) is 5.54 Å². The molecule has 0 radical (unpaired) electrons. The van der Waals surface area contributed by atoms with Crippen LogP contribution in [0.3, 0.4) is 0 Å². The summed E-state index contributed by atoms with van der Waals surface area (Å²) >= 11 is 0. The number of nitrogens with zero attached hydrogens (tertiary/aromatic N) is 3. The summed E-state index contributed by atoms with van der Waals surface area (Å²) in [5.74, 6) is 0. The van der Waals surface area contributed by atoms with Crippen LogP contribution in [-0.4, -0.2) is 127 Å². The van der Waals surface area contributed by atoms with Crippen molar-refractivity contribution in [1.82, 2.24) is 0 Å². The molecule has 0 aromatic heterocycles. The second-order valence-electron chi connectivity index (χ2n) is 6.82. The fourth-order valence-corrected chi connectivity index (χ4v) is 3.64. The second kappa shape index (κ2) is 7.71. The average molecular weight is 393 g/mol. The van der Waals surface area contributed by atoms with Crippen molar-refractivity contribution in [3.05, 3.63) is 0 Å². The van der Waals surface area contributed by atoms with Crippen LogP contribution in [0, 0.1) is 0 Å². The Morgan fingerprint density at radius 3 is 1.48 bits per heavy atom. The normalized spacial score (nSPS) is 53.0. The summed E-state index contributed by atoms with van der Waals surface area (Å²) in [6, 6.07) is 0. The van der Waals surface area contributed by atoms with E-state index in [4.69, 9.17) is 9.47 Å². The minimum Gasteiger partial charge on any atom is -0.394 e. The molecule has 1 unspecified atom stereocenters. The molecule has 13 heteroatoms. The third kappa shape index (κ3) is 3.19. The van der Waals surface area contributed by atoms with Crippen molar-refractivity contribution in [2.75, 3.05) is 13.2 Å². The van der Waals surface area contributed by atoms with Gasteiger partial charge in [0.2, 0.25) is 0 Å². The van der Waals surface area contributed by atoms with Crippen molar-refractivity contribution < 1.29 is 50.3 Å². The van der Waals surface area contributed by atoms with E-state index < -0.39 is 79.8 Å². The molecule has 11 atom stereocenters. The van der Waals surface area contributed by atoms with Gasteiger partial charge >= 0.3 is 0 Å². The van der Waals surface area contributed by atoms with Gasteiger partial charge in [0.25, 0.3) is 0 Å². The number of hydrogen-bond acceptors (Lipinski definition) is 13. The summed E-state index contributed by atoms with van der Waals surface area (Å²) in [5.41, 5.74) is -1.87. The van der Waals surface area contributed by atoms with Crippen LogP contribution in [0.2, 0.25) is 0 Å². The van der Waals surface area contributed by atoms with E-state index in [1.54, 1.807) is 0 Å². The number of aliphatic hydroxyl groups is 8. The Labute approximate surface area is 152 Å². The minimum absolute atomic E-state index is 0.694. The summed E-state index contributed by atoms with van der Waals surface area (Å²) < 4.78 is 11.0. The van der Waals surface area contributed by atoms with E-state index in [1.165, 1.54) is 0 Å². The zero-order chi connectivity index (χ0) is 19.9. The molecule has 154 valence electrons. The van der Waals surface area contributed by atoms with Crippen LogP contribution in [0.15, 0.2) is 15.4 Å². The average Bonchev–Trinajstić information content (AvgIpc) is 3.15. The Hall–Kier alpha value is -1.13. The highest BCUT2D eigenvalue weighted by molar-refractivity contribution is 5.74. The molecule has 0 spiro atoms. The first-order valence-corrected chi connectivity index (χ1v) is 8.36. The van der Waals surface area contributed by atoms with Gasteiger partial charge in [-0.2, -0.15) is 5.11 Å². The molecule has 3 aliphatic heterocycles. The molecule has 3 aliphatic rings. The summed E-state index contributed by atoms with van der Waals surface area (Å²) in [6.07, 6.45) is -14.7. The van der Waals surface area contributed by atoms with Crippen LogP contribution < -0.4 is 0 Å². The van der Waals surface area contributed by atoms with Gasteiger partial charge in [-0.3, -0.25) is 0 Å². The third-order valence-corrected chi connectivity index (χ3v) is 5.23. The van der Waals surface area contributed by atoms with Crippen molar-refractivity contribution in [2.45, 2.75) is 66.6 Å². The maximum Gasteiger partial charge on any atom is 0.178 e. The summed E-state index contributed by atoms with van der Waals surface area (Å²) in [7, 11) is 0. The van der Waals surface area contributed by atoms with Gasteiger partial charge in [0.05, 0.1) is 19.4 Å². The maximum absolute atomic E-state index is 10.4. The molecule has 2 fully saturated rings. The molecule has 2 saturated heterocycles. The van der Waals surface area contributed by atoms with E-state index >= 15 is 0 Å². The summed E-state index contributed by atoms with van der Waals surface area (Å²) in [5, 5.41) is 90.5. The molecule has 3 rings (SSSR count). The van der Waals surface area contributed by atoms with Crippen LogP contribution in [0.25, 0.3) is 0 Å². The van der Waals surface area contributed by atoms with E-state index in [9.17, 15) is 40.9 Å². The number of rotatable bonds is 4. The fraction of sp³-hybridized carbons (Fsp3) is 0.929. The van der Waals surface area contributed by atoms with Crippen LogP contribution in [0.5, 0.6) is 0 Å². The molecule has 0 aromatic rings. The molecule has 3 heterocycles. The maximum atomic E-state index is 10.4. The highest BCUT2D eigenvalue weighted by Gasteiger charge is 2.62. The highest BCUT2D eigenvalue weighted by atomic mass is 16.6. The van der Waals surface area contributed by atoms with E-state index in [2.05, 4.69) is 15.4 Å². The Bertz CT molecular complexity index is 537. The van der Waals surface area contributed by atoms with Gasteiger partial charge in [0, 0.05) is 0 Å². The number of hydrogen-bond donors (Lipinski definition) is 8. The molecule has 13 nitrogen and oxygen atoms in total. The molecule has 0 aliphatic carbocycles. The standard InChI is InChI=1S/C14H23N3O10/c18-1-4-6(20)8(22)10(24)12(26-4)14(3-15-17-16-14)13-11(25)9(23)7(21)5(2-19)27-13/h3-13,18-25H,1-2H2/t4-,5-,6-,7-,8-,9+,10-,11+,12-,13+,14?/m1/s1. The molecule has 0 saturated carbocycles. The Kier molecular flexibility index (Phi) is 5.88. The highest BCUT2D eigenvalue weighted by Crippen LogP contribution is 2.39. The van der Waals surface area contributed by atoms with Crippen molar-refractivity contribution in [1.29, 1.82) is 0 Å². The summed E-state index contributed by atoms with van der Waals surface area (Å²) in [4.78, 5) is 0. The first-order chi connectivity index (χ1) is 12.8. The van der Waals surface area contributed by atoms with Gasteiger partial charge < -0.3 is 50.3 Å². The van der Waals surface area contributed by atoms with Crippen LogP contribution in [-0.2, 0) is 9.47 Å². The van der Waals surface area contributed by atoms with Crippen LogP contribution in [0.1, 0.15) is 0 Å². The van der Waals surface area contributed by atoms with E-state index in [0.29, 0.717) is 0 Å². The number of aliphatic hydroxyl groups excluding tert-OH is 8. The quantitative estimate of drug-likeness (QED) is 0.227. The predicted octanol–water partition coefficient (Wildman–Crippen LogP) is -5.14. The van der Waals surface area contributed by atoms with Crippen molar-refractivity contribution in [2.24, 2.45) is 15.4 Å². The smallest absolute Gasteiger partial charge is 0.178 e. The van der Waals surface area contributed by atoms with Gasteiger partial charge in [-0.1, -0.05) is 0 Å². The first kappa shape index (κ1) is 20.6. The van der Waals surface area contributed by atoms with E-state index in [-0.39, 0.29) is 0 Å². The topological polar surface area (TPSA) is 217 Å². The van der Waals surface area contributed by atoms with Crippen molar-refractivity contribution in [3.63, 3.8) is 0 Å². The van der Waals surface area contributed by atoms with Gasteiger partial charge in [0.1, 0.15) is 61.0 Å². The van der Waals surface area contributed by atoms with Crippen LogP contribution >= 0.6 is 0 Å². The fourth-order valence-electron chi connectivity index (χ4n) is 3.64. The monoisotopic (exact) mass is 393 g/mol. The molecule has 0 bridgehead atoms. The largest absolute Gasteiger partial charge is 0.394 e.